The van der Waals surface area contributed by atoms with Gasteiger partial charge >= 0.3 is 18.9 Å². The molecule has 0 aromatic carbocycles. The Hall–Kier alpha value is 3.42. The van der Waals surface area contributed by atoms with Gasteiger partial charge in [0, 0.05) is 84.2 Å². The van der Waals surface area contributed by atoms with Crippen LogP contribution in [0.2, 0.25) is 0 Å². The Bertz CT molecular complexity index is 11.6. The molecule has 0 N–H and O–H groups in total. The van der Waals surface area contributed by atoms with E-state index in [-0.39, 0.29) is 104 Å². The van der Waals surface area contributed by atoms with Crippen LogP contribution in [0.3, 0.4) is 0 Å². The van der Waals surface area contributed by atoms with E-state index in [4.69, 9.17) is 0 Å². The van der Waals surface area contributed by atoms with E-state index in [1.54, 1.807) is 0 Å². The summed E-state index contributed by atoms with van der Waals surface area (Å²) in [6, 6.07) is 0. The van der Waals surface area contributed by atoms with E-state index in [1.807, 2.05) is 0 Å². The van der Waals surface area contributed by atoms with Crippen LogP contribution in [0, 0.1) is 35.6 Å². The van der Waals surface area contributed by atoms with E-state index in [2.05, 4.69) is 0 Å². The van der Waals surface area contributed by atoms with Gasteiger partial charge in [0.15, 0.2) is 0 Å². The van der Waals surface area contributed by atoms with Crippen LogP contribution >= 0.6 is 0 Å². The molecule has 0 aromatic heterocycles. The van der Waals surface area contributed by atoms with Crippen molar-refractivity contribution in [1.29, 1.82) is 0 Å². The maximum absolute atomic E-state index is 0. The van der Waals surface area contributed by atoms with Crippen LogP contribution in [0.15, 0.2) is 0 Å². The molecule has 0 aromatic rings. The normalized spacial score (nSPS) is 0. The predicted molar refractivity (Wildman–Crippen MR) is 1.11 cm³/mol. The molecule has 0 unspecified atom stereocenters. The molecule has 0 saturated carbocycles. The first-order valence-corrected chi connectivity index (χ1v) is 0. The molecule has 0 aliphatic rings. The molecule has 0 rings (SSSR count). The summed E-state index contributed by atoms with van der Waals surface area (Å²) in [5.74, 6) is 0. The maximum Gasteiger partial charge on any atom is 1.00 e. The molecule has 0 nitrogen and oxygen atoms in total. The zero-order valence-corrected chi connectivity index (χ0v) is 11.8. The summed E-state index contributed by atoms with van der Waals surface area (Å²) in [6.07, 6.45) is 0. The van der Waals surface area contributed by atoms with Crippen molar-refractivity contribution in [2.24, 2.45) is 0 Å². The first-order valence-electron chi connectivity index (χ1n) is 0. The van der Waals surface area contributed by atoms with Crippen LogP contribution < -0.4 is 18.9 Å². The second-order valence-corrected chi connectivity index (χ2v) is 0. The van der Waals surface area contributed by atoms with Crippen LogP contribution in [0.4, 0.5) is 0 Å². The Morgan fingerprint density at radius 2 is 1.25 bits per heavy atom. The molecule has 0 spiro atoms. The minimum absolute atomic E-state index is 0. The summed E-state index contributed by atoms with van der Waals surface area (Å²) in [5.41, 5.74) is 0. The average Bonchev–Trinajstić information content (AvgIpc) is 0. The van der Waals surface area contributed by atoms with Gasteiger partial charge in [0.25, 0.3) is 0 Å². The van der Waals surface area contributed by atoms with Crippen LogP contribution in [0.25, 0.3) is 0 Å². The Morgan fingerprint density at radius 1 is 1.25 bits per heavy atom. The third-order valence-electron chi connectivity index (χ3n) is 0. The largest absolute Gasteiger partial charge is 1.00 e. The van der Waals surface area contributed by atoms with E-state index in [0.29, 0.717) is 0 Å². The Balaban J connectivity index is 0. The second kappa shape index (κ2) is 16.1. The fraction of sp³-hybridized carbons (Fsp3) is 0. The summed E-state index contributed by atoms with van der Waals surface area (Å²) in [7, 11) is 0. The molecule has 4 heavy (non-hydrogen) atoms. The Labute approximate surface area is 102 Å². The van der Waals surface area contributed by atoms with Gasteiger partial charge in [-0.25, -0.2) is 0 Å². The number of hydrogen-bond acceptors (Lipinski definition) is 0. The SMILES string of the molecule is [H-].[La].[Li+].[Ta].[Zr]. The van der Waals surface area contributed by atoms with Gasteiger partial charge in [0.2, 0.25) is 0 Å². The van der Waals surface area contributed by atoms with Gasteiger partial charge in [0.1, 0.15) is 0 Å². The molecule has 0 fully saturated rings. The van der Waals surface area contributed by atoms with Gasteiger partial charge in [-0.15, -0.1) is 0 Å². The summed E-state index contributed by atoms with van der Waals surface area (Å²) in [4.78, 5) is 0. The third-order valence-corrected chi connectivity index (χ3v) is 0. The van der Waals surface area contributed by atoms with Crippen LogP contribution in [0.1, 0.15) is 1.43 Å². The van der Waals surface area contributed by atoms with Crippen LogP contribution in [-0.2, 0) is 48.6 Å². The van der Waals surface area contributed by atoms with Crippen molar-refractivity contribution in [3.05, 3.63) is 0 Å². The standard InChI is InChI=1S/La.Li.Ta.Zr.H/q;+1;;;-1. The first kappa shape index (κ1) is 26.2. The number of rotatable bonds is 0. The summed E-state index contributed by atoms with van der Waals surface area (Å²) in [6.45, 7) is 0. The molecule has 4 heteroatoms. The molecule has 0 amide bonds. The molecule has 0 heterocycles. The maximum atomic E-state index is 0. The Kier molecular flexibility index (Phi) is 105. The monoisotopic (exact) mass is 418 g/mol. The average molecular weight is 419 g/mol. The van der Waals surface area contributed by atoms with E-state index in [1.165, 1.54) is 0 Å². The van der Waals surface area contributed by atoms with Crippen molar-refractivity contribution < 1.29 is 104 Å². The van der Waals surface area contributed by atoms with Crippen molar-refractivity contribution in [3.8, 4) is 0 Å². The third kappa shape index (κ3) is 9.05. The van der Waals surface area contributed by atoms with E-state index in [9.17, 15) is 0 Å². The second-order valence-electron chi connectivity index (χ2n) is 0. The fourth-order valence-electron chi connectivity index (χ4n) is 0. The van der Waals surface area contributed by atoms with E-state index >= 15 is 0 Å². The zero-order chi connectivity index (χ0) is 0. The van der Waals surface area contributed by atoms with Crippen molar-refractivity contribution >= 4 is 0 Å². The fourth-order valence-corrected chi connectivity index (χ4v) is 0. The van der Waals surface area contributed by atoms with Gasteiger partial charge < -0.3 is 1.43 Å². The van der Waals surface area contributed by atoms with Gasteiger partial charge in [-0.05, 0) is 0 Å². The van der Waals surface area contributed by atoms with E-state index < -0.39 is 0 Å². The molecule has 0 bridgehead atoms. The molecule has 0 aliphatic carbocycles. The molecule has 0 atom stereocenters. The summed E-state index contributed by atoms with van der Waals surface area (Å²) in [5, 5.41) is 0. The smallest absolute Gasteiger partial charge is 1.00 e. The van der Waals surface area contributed by atoms with Crippen molar-refractivity contribution in [3.63, 3.8) is 0 Å². The molecule has 0 aliphatic heterocycles. The quantitative estimate of drug-likeness (QED) is 0.371. The minimum Gasteiger partial charge on any atom is -1.00 e. The minimum atomic E-state index is 0. The van der Waals surface area contributed by atoms with Crippen molar-refractivity contribution in [1.82, 2.24) is 0 Å². The molecular formula is HLaLiTaZr. The molecule has 2 radical (unpaired) electrons. The van der Waals surface area contributed by atoms with Gasteiger partial charge in [-0.1, -0.05) is 0 Å². The van der Waals surface area contributed by atoms with Crippen molar-refractivity contribution in [2.45, 2.75) is 0 Å². The van der Waals surface area contributed by atoms with Crippen LogP contribution in [-0.4, -0.2) is 0 Å². The summed E-state index contributed by atoms with van der Waals surface area (Å²) >= 11 is 0. The molecule has 0 saturated heterocycles. The van der Waals surface area contributed by atoms with Gasteiger partial charge in [-0.2, -0.15) is 0 Å². The molecular weight excluding hydrogens is 418 g/mol. The predicted octanol–water partition coefficient (Wildman–Crippen LogP) is -2.89. The van der Waals surface area contributed by atoms with Gasteiger partial charge in [0.05, 0.1) is 0 Å². The number of hydrogen-bond donors (Lipinski definition) is 0. The van der Waals surface area contributed by atoms with Crippen LogP contribution in [0.5, 0.6) is 0 Å². The topological polar surface area (TPSA) is 0 Å². The zero-order valence-electron chi connectivity index (χ0n) is 3.52. The van der Waals surface area contributed by atoms with Gasteiger partial charge in [-0.3, -0.25) is 0 Å². The Morgan fingerprint density at radius 3 is 1.25 bits per heavy atom. The van der Waals surface area contributed by atoms with E-state index in [0.717, 1.165) is 0 Å². The summed E-state index contributed by atoms with van der Waals surface area (Å²) < 4.78 is 0. The first-order chi connectivity index (χ1) is 0. The van der Waals surface area contributed by atoms with Crippen molar-refractivity contribution in [2.75, 3.05) is 0 Å². The molecule has 14 valence electrons.